The molecule has 4 aliphatic carbocycles. The Bertz CT molecular complexity index is 705. The number of carbonyl (C=O) groups excluding carboxylic acids is 2. The van der Waals surface area contributed by atoms with Gasteiger partial charge in [-0.05, 0) is 55.9 Å². The number of hydrogen-bond acceptors (Lipinski definition) is 4. The molecule has 0 unspecified atom stereocenters. The summed E-state index contributed by atoms with van der Waals surface area (Å²) < 4.78 is 0. The first-order valence-electron chi connectivity index (χ1n) is 9.55. The maximum Gasteiger partial charge on any atom is 0.187 e. The van der Waals surface area contributed by atoms with Crippen molar-refractivity contribution >= 4 is 11.6 Å². The number of aliphatic hydroxyl groups is 2. The summed E-state index contributed by atoms with van der Waals surface area (Å²) in [7, 11) is 0. The Morgan fingerprint density at radius 3 is 2.52 bits per heavy atom. The van der Waals surface area contributed by atoms with Gasteiger partial charge < -0.3 is 10.2 Å². The normalized spacial score (nSPS) is 51.0. The molecule has 0 aromatic rings. The van der Waals surface area contributed by atoms with Crippen LogP contribution in [0.2, 0.25) is 0 Å². The molecule has 0 amide bonds. The second kappa shape index (κ2) is 5.37. The van der Waals surface area contributed by atoms with Crippen LogP contribution in [0, 0.1) is 28.6 Å². The summed E-state index contributed by atoms with van der Waals surface area (Å²) in [5.41, 5.74) is 1.21. The number of ketones is 2. The van der Waals surface area contributed by atoms with Crippen molar-refractivity contribution in [2.75, 3.05) is 0 Å². The fraction of sp³-hybridized carbons (Fsp3) is 0.714. The van der Waals surface area contributed by atoms with E-state index >= 15 is 0 Å². The lowest BCUT2D eigenvalue weighted by Gasteiger charge is -2.59. The zero-order valence-electron chi connectivity index (χ0n) is 15.3. The van der Waals surface area contributed by atoms with E-state index < -0.39 is 17.6 Å². The van der Waals surface area contributed by atoms with Crippen LogP contribution in [0.5, 0.6) is 0 Å². The Labute approximate surface area is 149 Å². The largest absolute Gasteiger partial charge is 0.393 e. The summed E-state index contributed by atoms with van der Waals surface area (Å²) in [4.78, 5) is 24.5. The fourth-order valence-corrected chi connectivity index (χ4v) is 6.92. The van der Waals surface area contributed by atoms with Gasteiger partial charge in [0.2, 0.25) is 0 Å². The van der Waals surface area contributed by atoms with Crippen molar-refractivity contribution in [3.05, 3.63) is 23.3 Å². The third kappa shape index (κ3) is 2.07. The molecule has 136 valence electrons. The second-order valence-corrected chi connectivity index (χ2v) is 9.01. The van der Waals surface area contributed by atoms with Crippen molar-refractivity contribution in [2.24, 2.45) is 28.6 Å². The third-order valence-electron chi connectivity index (χ3n) is 7.93. The van der Waals surface area contributed by atoms with Crippen LogP contribution >= 0.6 is 0 Å². The van der Waals surface area contributed by atoms with E-state index in [0.717, 1.165) is 24.8 Å². The van der Waals surface area contributed by atoms with Gasteiger partial charge in [-0.2, -0.15) is 0 Å². The molecule has 0 aromatic heterocycles. The van der Waals surface area contributed by atoms with E-state index in [9.17, 15) is 19.8 Å². The Balaban J connectivity index is 1.81. The highest BCUT2D eigenvalue weighted by molar-refractivity contribution is 6.03. The number of fused-ring (bicyclic) bond motifs is 5. The predicted octanol–water partition coefficient (Wildman–Crippen LogP) is 2.59. The van der Waals surface area contributed by atoms with Gasteiger partial charge in [0.15, 0.2) is 11.6 Å². The molecule has 2 N–H and O–H groups in total. The molecule has 0 heterocycles. The molecule has 0 spiro atoms. The van der Waals surface area contributed by atoms with Gasteiger partial charge in [-0.1, -0.05) is 25.5 Å². The summed E-state index contributed by atoms with van der Waals surface area (Å²) >= 11 is 0. The number of hydrogen-bond donors (Lipinski definition) is 2. The molecule has 4 rings (SSSR count). The molecular formula is C21H28O4. The Morgan fingerprint density at radius 1 is 1.12 bits per heavy atom. The molecule has 3 fully saturated rings. The zero-order chi connectivity index (χ0) is 18.1. The van der Waals surface area contributed by atoms with Gasteiger partial charge in [-0.15, -0.1) is 0 Å². The van der Waals surface area contributed by atoms with Crippen LogP contribution in [0.25, 0.3) is 0 Å². The van der Waals surface area contributed by atoms with Crippen LogP contribution in [0.1, 0.15) is 52.9 Å². The minimum atomic E-state index is -0.962. The smallest absolute Gasteiger partial charge is 0.187 e. The maximum atomic E-state index is 12.6. The van der Waals surface area contributed by atoms with Crippen LogP contribution < -0.4 is 0 Å². The van der Waals surface area contributed by atoms with Gasteiger partial charge in [-0.3, -0.25) is 9.59 Å². The highest BCUT2D eigenvalue weighted by Gasteiger charge is 2.65. The first-order valence-corrected chi connectivity index (χ1v) is 9.55. The average Bonchev–Trinajstić information content (AvgIpc) is 2.73. The molecule has 0 aromatic carbocycles. The number of rotatable bonds is 0. The lowest BCUT2D eigenvalue weighted by atomic mass is 9.46. The van der Waals surface area contributed by atoms with Gasteiger partial charge >= 0.3 is 0 Å². The second-order valence-electron chi connectivity index (χ2n) is 9.01. The van der Waals surface area contributed by atoms with Crippen molar-refractivity contribution in [2.45, 2.75) is 65.1 Å². The Morgan fingerprint density at radius 2 is 1.84 bits per heavy atom. The molecule has 7 atom stereocenters. The molecule has 3 saturated carbocycles. The standard InChI is InChI=1S/C21H28O4/c1-4-14-18(24)19(25)17-13-6-5-11-9-12(22)7-8-20(11,2)16(13)15(23)10-21(14,17)3/h4,9,13,15-17,19,23,25H,5-8,10H2,1-3H3/b14-4-/t13-,15-,16-,17-,19+,20+,21-/m1/s1. The Kier molecular flexibility index (Phi) is 3.69. The molecule has 0 saturated heterocycles. The van der Waals surface area contributed by atoms with E-state index in [4.69, 9.17) is 0 Å². The van der Waals surface area contributed by atoms with Gasteiger partial charge in [-0.25, -0.2) is 0 Å². The molecule has 4 heteroatoms. The molecule has 4 aliphatic rings. The maximum absolute atomic E-state index is 12.6. The SMILES string of the molecule is C/C=C1/C(=O)[C@@H](O)[C@H]2[C@@H]3CCC4=CC(=O)CC[C@]4(C)[C@H]3[C@H](O)C[C@]12C. The number of carbonyl (C=O) groups is 2. The fourth-order valence-electron chi connectivity index (χ4n) is 6.92. The number of aliphatic hydroxyl groups excluding tert-OH is 2. The van der Waals surface area contributed by atoms with Gasteiger partial charge in [0, 0.05) is 23.3 Å². The molecule has 0 radical (unpaired) electrons. The lowest BCUT2D eigenvalue weighted by Crippen LogP contribution is -2.57. The number of allylic oxidation sites excluding steroid dienone is 2. The highest BCUT2D eigenvalue weighted by atomic mass is 16.3. The lowest BCUT2D eigenvalue weighted by molar-refractivity contribution is -0.141. The van der Waals surface area contributed by atoms with Crippen LogP contribution in [0.4, 0.5) is 0 Å². The van der Waals surface area contributed by atoms with Crippen LogP contribution in [-0.4, -0.2) is 34.0 Å². The van der Waals surface area contributed by atoms with Crippen LogP contribution in [0.3, 0.4) is 0 Å². The summed E-state index contributed by atoms with van der Waals surface area (Å²) in [6.07, 6.45) is 5.61. The highest BCUT2D eigenvalue weighted by Crippen LogP contribution is 2.65. The van der Waals surface area contributed by atoms with Crippen molar-refractivity contribution in [1.82, 2.24) is 0 Å². The summed E-state index contributed by atoms with van der Waals surface area (Å²) in [6, 6.07) is 0. The molecule has 0 aliphatic heterocycles. The monoisotopic (exact) mass is 344 g/mol. The van der Waals surface area contributed by atoms with Crippen molar-refractivity contribution in [3.63, 3.8) is 0 Å². The van der Waals surface area contributed by atoms with Gasteiger partial charge in [0.1, 0.15) is 6.10 Å². The summed E-state index contributed by atoms with van der Waals surface area (Å²) in [6.45, 7) is 6.06. The zero-order valence-corrected chi connectivity index (χ0v) is 15.3. The molecule has 4 nitrogen and oxygen atoms in total. The van der Waals surface area contributed by atoms with Crippen LogP contribution in [0.15, 0.2) is 23.3 Å². The molecular weight excluding hydrogens is 316 g/mol. The van der Waals surface area contributed by atoms with E-state index in [1.165, 1.54) is 0 Å². The number of Topliss-reactive ketones (excluding diaryl/α,β-unsaturated/α-hetero) is 1. The Hall–Kier alpha value is -1.26. The van der Waals surface area contributed by atoms with Gasteiger partial charge in [0.05, 0.1) is 6.10 Å². The average molecular weight is 344 g/mol. The van der Waals surface area contributed by atoms with E-state index in [0.29, 0.717) is 18.4 Å². The third-order valence-corrected chi connectivity index (χ3v) is 7.93. The first-order chi connectivity index (χ1) is 11.7. The van der Waals surface area contributed by atoms with Crippen molar-refractivity contribution in [1.29, 1.82) is 0 Å². The molecule has 0 bridgehead atoms. The minimum Gasteiger partial charge on any atom is -0.393 e. The van der Waals surface area contributed by atoms with E-state index in [1.807, 2.05) is 19.9 Å². The van der Waals surface area contributed by atoms with E-state index in [2.05, 4.69) is 6.92 Å². The van der Waals surface area contributed by atoms with Crippen molar-refractivity contribution in [3.8, 4) is 0 Å². The van der Waals surface area contributed by atoms with Crippen LogP contribution in [-0.2, 0) is 9.59 Å². The van der Waals surface area contributed by atoms with E-state index in [1.54, 1.807) is 6.08 Å². The summed E-state index contributed by atoms with van der Waals surface area (Å²) in [5, 5.41) is 21.9. The van der Waals surface area contributed by atoms with Crippen molar-refractivity contribution < 1.29 is 19.8 Å². The predicted molar refractivity (Wildman–Crippen MR) is 93.6 cm³/mol. The summed E-state index contributed by atoms with van der Waals surface area (Å²) in [5.74, 6) is 0.0231. The van der Waals surface area contributed by atoms with E-state index in [-0.39, 0.29) is 34.7 Å². The topological polar surface area (TPSA) is 74.6 Å². The molecule has 25 heavy (non-hydrogen) atoms. The van der Waals surface area contributed by atoms with Gasteiger partial charge in [0.25, 0.3) is 0 Å². The minimum absolute atomic E-state index is 0.0114. The quantitative estimate of drug-likeness (QED) is 0.663. The first kappa shape index (κ1) is 17.2.